The Morgan fingerprint density at radius 3 is 2.52 bits per heavy atom. The molecule has 21 heavy (non-hydrogen) atoms. The van der Waals surface area contributed by atoms with Crippen molar-refractivity contribution in [3.63, 3.8) is 0 Å². The molecule has 118 valence electrons. The van der Waals surface area contributed by atoms with Crippen LogP contribution in [0.1, 0.15) is 68.7 Å². The second kappa shape index (κ2) is 6.80. The molecule has 0 amide bonds. The molecule has 2 saturated heterocycles. The lowest BCUT2D eigenvalue weighted by atomic mass is 9.96. The largest absolute Gasteiger partial charge is 0.311 e. The minimum absolute atomic E-state index is 0.581. The van der Waals surface area contributed by atoms with Crippen LogP contribution in [0.4, 0.5) is 0 Å². The number of nitrogens with zero attached hydrogens (tertiary/aromatic N) is 1. The summed E-state index contributed by atoms with van der Waals surface area (Å²) in [5.74, 6) is 0. The summed E-state index contributed by atoms with van der Waals surface area (Å²) in [4.78, 5) is 5.89. The molecule has 3 rings (SSSR count). The molecule has 0 aliphatic carbocycles. The Bertz CT molecular complexity index is 444. The maximum absolute atomic E-state index is 3.79. The van der Waals surface area contributed by atoms with Crippen LogP contribution in [0.5, 0.6) is 0 Å². The molecule has 3 heteroatoms. The van der Waals surface area contributed by atoms with Gasteiger partial charge < -0.3 is 5.32 Å². The van der Waals surface area contributed by atoms with E-state index in [1.165, 1.54) is 49.9 Å². The van der Waals surface area contributed by atoms with E-state index in [0.29, 0.717) is 6.04 Å². The van der Waals surface area contributed by atoms with Gasteiger partial charge in [-0.15, -0.1) is 11.3 Å². The average Bonchev–Trinajstić information content (AvgIpc) is 3.10. The van der Waals surface area contributed by atoms with Crippen LogP contribution in [-0.4, -0.2) is 29.6 Å². The van der Waals surface area contributed by atoms with Gasteiger partial charge in [-0.2, -0.15) is 0 Å². The van der Waals surface area contributed by atoms with Crippen molar-refractivity contribution in [2.24, 2.45) is 0 Å². The Kier molecular flexibility index (Phi) is 5.03. The van der Waals surface area contributed by atoms with Crippen molar-refractivity contribution in [3.8, 4) is 0 Å². The van der Waals surface area contributed by atoms with Crippen molar-refractivity contribution in [2.75, 3.05) is 6.54 Å². The van der Waals surface area contributed by atoms with E-state index in [4.69, 9.17) is 0 Å². The minimum Gasteiger partial charge on any atom is -0.311 e. The molecule has 3 atom stereocenters. The number of nitrogens with one attached hydrogen (secondary N) is 1. The minimum atomic E-state index is 0.581. The van der Waals surface area contributed by atoms with E-state index in [1.807, 2.05) is 11.3 Å². The summed E-state index contributed by atoms with van der Waals surface area (Å²) in [5, 5.41) is 3.79. The molecular formula is C18H30N2S. The normalized spacial score (nSPS) is 30.0. The van der Waals surface area contributed by atoms with Crippen molar-refractivity contribution >= 4 is 11.3 Å². The molecule has 3 unspecified atom stereocenters. The summed E-state index contributed by atoms with van der Waals surface area (Å²) in [6, 6.07) is 7.63. The van der Waals surface area contributed by atoms with E-state index in [0.717, 1.165) is 18.1 Å². The molecule has 3 heterocycles. The molecule has 2 aliphatic heterocycles. The SMILES string of the molecule is CCCN(C1CC2CCC(C1)N2)C(C)c1ccc(CC)s1. The average molecular weight is 307 g/mol. The highest BCUT2D eigenvalue weighted by Gasteiger charge is 2.37. The number of rotatable bonds is 6. The summed E-state index contributed by atoms with van der Waals surface area (Å²) in [7, 11) is 0. The van der Waals surface area contributed by atoms with Gasteiger partial charge in [0, 0.05) is 33.9 Å². The highest BCUT2D eigenvalue weighted by molar-refractivity contribution is 7.12. The van der Waals surface area contributed by atoms with E-state index in [2.05, 4.69) is 43.1 Å². The number of piperidine rings is 1. The lowest BCUT2D eigenvalue weighted by Crippen LogP contribution is -2.49. The summed E-state index contributed by atoms with van der Waals surface area (Å²) in [6.07, 6.45) is 7.93. The molecule has 2 bridgehead atoms. The van der Waals surface area contributed by atoms with Gasteiger partial charge in [0.15, 0.2) is 0 Å². The van der Waals surface area contributed by atoms with Gasteiger partial charge in [-0.1, -0.05) is 13.8 Å². The van der Waals surface area contributed by atoms with Crippen LogP contribution in [0.3, 0.4) is 0 Å². The van der Waals surface area contributed by atoms with Gasteiger partial charge in [0.05, 0.1) is 0 Å². The number of thiophene rings is 1. The first kappa shape index (κ1) is 15.5. The molecule has 2 fully saturated rings. The summed E-state index contributed by atoms with van der Waals surface area (Å²) < 4.78 is 0. The Labute approximate surface area is 133 Å². The van der Waals surface area contributed by atoms with Crippen molar-refractivity contribution in [3.05, 3.63) is 21.9 Å². The first-order valence-electron chi connectivity index (χ1n) is 8.81. The second-order valence-corrected chi connectivity index (χ2v) is 8.03. The fourth-order valence-electron chi connectivity index (χ4n) is 4.22. The van der Waals surface area contributed by atoms with Crippen molar-refractivity contribution in [1.82, 2.24) is 10.2 Å². The highest BCUT2D eigenvalue weighted by atomic mass is 32.1. The molecule has 2 nitrogen and oxygen atoms in total. The summed E-state index contributed by atoms with van der Waals surface area (Å²) in [5.41, 5.74) is 0. The van der Waals surface area contributed by atoms with Crippen molar-refractivity contribution < 1.29 is 0 Å². The molecule has 0 radical (unpaired) electrons. The number of hydrogen-bond acceptors (Lipinski definition) is 3. The molecule has 0 saturated carbocycles. The quantitative estimate of drug-likeness (QED) is 0.839. The lowest BCUT2D eigenvalue weighted by Gasteiger charge is -2.41. The van der Waals surface area contributed by atoms with Gasteiger partial charge in [0.1, 0.15) is 0 Å². The lowest BCUT2D eigenvalue weighted by molar-refractivity contribution is 0.103. The third-order valence-electron chi connectivity index (χ3n) is 5.34. The van der Waals surface area contributed by atoms with Crippen LogP contribution in [0, 0.1) is 0 Å². The van der Waals surface area contributed by atoms with Gasteiger partial charge >= 0.3 is 0 Å². The van der Waals surface area contributed by atoms with Crippen LogP contribution in [0.2, 0.25) is 0 Å². The topological polar surface area (TPSA) is 15.3 Å². The maximum atomic E-state index is 3.79. The van der Waals surface area contributed by atoms with E-state index in [9.17, 15) is 0 Å². The van der Waals surface area contributed by atoms with Crippen molar-refractivity contribution in [2.45, 2.75) is 83.5 Å². The summed E-state index contributed by atoms with van der Waals surface area (Å²) >= 11 is 2.02. The maximum Gasteiger partial charge on any atom is 0.0416 e. The third-order valence-corrected chi connectivity index (χ3v) is 6.74. The molecule has 1 N–H and O–H groups in total. The predicted molar refractivity (Wildman–Crippen MR) is 92.1 cm³/mol. The number of aryl methyl sites for hydroxylation is 1. The zero-order valence-corrected chi connectivity index (χ0v) is 14.6. The molecular weight excluding hydrogens is 276 g/mol. The van der Waals surface area contributed by atoms with Crippen LogP contribution < -0.4 is 5.32 Å². The molecule has 0 aromatic carbocycles. The van der Waals surface area contributed by atoms with E-state index in [-0.39, 0.29) is 0 Å². The Hall–Kier alpha value is -0.380. The molecule has 1 aromatic heterocycles. The van der Waals surface area contributed by atoms with Crippen molar-refractivity contribution in [1.29, 1.82) is 0 Å². The van der Waals surface area contributed by atoms with Crippen LogP contribution >= 0.6 is 11.3 Å². The first-order valence-corrected chi connectivity index (χ1v) is 9.63. The van der Waals surface area contributed by atoms with Gasteiger partial charge in [-0.05, 0) is 64.1 Å². The third kappa shape index (κ3) is 3.35. The monoisotopic (exact) mass is 306 g/mol. The number of fused-ring (bicyclic) bond motifs is 2. The second-order valence-electron chi connectivity index (χ2n) is 6.83. The van der Waals surface area contributed by atoms with E-state index in [1.54, 1.807) is 4.88 Å². The summed E-state index contributed by atoms with van der Waals surface area (Å²) in [6.45, 7) is 8.24. The molecule has 1 aromatic rings. The zero-order valence-electron chi connectivity index (χ0n) is 13.8. The smallest absolute Gasteiger partial charge is 0.0416 e. The first-order chi connectivity index (χ1) is 10.2. The van der Waals surface area contributed by atoms with E-state index < -0.39 is 0 Å². The van der Waals surface area contributed by atoms with Gasteiger partial charge in [-0.25, -0.2) is 0 Å². The fourth-order valence-corrected chi connectivity index (χ4v) is 5.25. The van der Waals surface area contributed by atoms with Crippen LogP contribution in [0.15, 0.2) is 12.1 Å². The molecule has 2 aliphatic rings. The Morgan fingerprint density at radius 1 is 1.24 bits per heavy atom. The molecule has 0 spiro atoms. The zero-order chi connectivity index (χ0) is 14.8. The number of hydrogen-bond donors (Lipinski definition) is 1. The fraction of sp³-hybridized carbons (Fsp3) is 0.778. The van der Waals surface area contributed by atoms with Gasteiger partial charge in [0.25, 0.3) is 0 Å². The van der Waals surface area contributed by atoms with Gasteiger partial charge in [0.2, 0.25) is 0 Å². The van der Waals surface area contributed by atoms with Gasteiger partial charge in [-0.3, -0.25) is 4.90 Å². The standard InChI is InChI=1S/C18H30N2S/c1-4-10-20(13(3)18-9-8-17(5-2)21-18)16-11-14-6-7-15(12-16)19-14/h8-9,13-16,19H,4-7,10-12H2,1-3H3. The van der Waals surface area contributed by atoms with Crippen LogP contribution in [0.25, 0.3) is 0 Å². The highest BCUT2D eigenvalue weighted by Crippen LogP contribution is 2.35. The predicted octanol–water partition coefficient (Wildman–Crippen LogP) is 4.37. The van der Waals surface area contributed by atoms with Crippen LogP contribution in [-0.2, 0) is 6.42 Å². The Balaban J connectivity index is 1.73. The Morgan fingerprint density at radius 2 is 1.95 bits per heavy atom. The van der Waals surface area contributed by atoms with E-state index >= 15 is 0 Å².